The first-order valence-electron chi connectivity index (χ1n) is 8.04. The highest BCUT2D eigenvalue weighted by atomic mass is 19.1. The fourth-order valence-electron chi connectivity index (χ4n) is 3.27. The average molecular weight is 332 g/mol. The van der Waals surface area contributed by atoms with Crippen molar-refractivity contribution >= 4 is 11.6 Å². The fraction of sp³-hybridized carbons (Fsp3) is 0.471. The van der Waals surface area contributed by atoms with E-state index in [9.17, 15) is 9.18 Å². The van der Waals surface area contributed by atoms with Crippen LogP contribution >= 0.6 is 0 Å². The zero-order chi connectivity index (χ0) is 17.3. The molecule has 0 atom stereocenters. The second-order valence-electron chi connectivity index (χ2n) is 6.36. The maximum Gasteiger partial charge on any atom is 0.270 e. The minimum atomic E-state index is -0.658. The van der Waals surface area contributed by atoms with Crippen LogP contribution in [-0.2, 0) is 4.79 Å². The topological polar surface area (TPSA) is 92.3 Å². The molecule has 1 aliphatic heterocycles. The average Bonchev–Trinajstić information content (AvgIpc) is 3.34. The van der Waals surface area contributed by atoms with Gasteiger partial charge in [-0.15, -0.1) is 0 Å². The summed E-state index contributed by atoms with van der Waals surface area (Å²) in [5.41, 5.74) is 5.67. The number of piperidine rings is 1. The van der Waals surface area contributed by atoms with Crippen molar-refractivity contribution in [1.82, 2.24) is 9.88 Å². The van der Waals surface area contributed by atoms with Crippen LogP contribution < -0.4 is 10.5 Å². The van der Waals surface area contributed by atoms with Gasteiger partial charge in [0.05, 0.1) is 24.7 Å². The SMILES string of the molecule is COc1cc(C(=N)C=C(N)C(=O)N2CCCCC23CC3)c(F)cn1. The zero-order valence-corrected chi connectivity index (χ0v) is 13.6. The van der Waals surface area contributed by atoms with E-state index in [1.165, 1.54) is 19.3 Å². The second kappa shape index (κ2) is 6.22. The maximum atomic E-state index is 13.9. The molecular weight excluding hydrogens is 311 g/mol. The number of amides is 1. The van der Waals surface area contributed by atoms with Crippen molar-refractivity contribution in [3.8, 4) is 5.88 Å². The van der Waals surface area contributed by atoms with Crippen LogP contribution in [0.4, 0.5) is 4.39 Å². The number of ether oxygens (including phenoxy) is 1. The Morgan fingerprint density at radius 3 is 2.88 bits per heavy atom. The molecule has 1 aromatic rings. The normalized spacial score (nSPS) is 19.2. The van der Waals surface area contributed by atoms with E-state index in [1.807, 2.05) is 4.90 Å². The largest absolute Gasteiger partial charge is 0.481 e. The summed E-state index contributed by atoms with van der Waals surface area (Å²) in [5, 5.41) is 8.04. The molecule has 1 amide bonds. The van der Waals surface area contributed by atoms with Gasteiger partial charge in [0.1, 0.15) is 0 Å². The van der Waals surface area contributed by atoms with Crippen LogP contribution in [0.5, 0.6) is 5.88 Å². The number of carbonyl (C=O) groups is 1. The summed E-state index contributed by atoms with van der Waals surface area (Å²) in [7, 11) is 1.41. The Balaban J connectivity index is 1.80. The number of pyridine rings is 1. The van der Waals surface area contributed by atoms with E-state index < -0.39 is 5.82 Å². The molecular formula is C17H21FN4O2. The van der Waals surface area contributed by atoms with Gasteiger partial charge in [-0.1, -0.05) is 0 Å². The van der Waals surface area contributed by atoms with Gasteiger partial charge in [-0.05, 0) is 38.2 Å². The molecule has 7 heteroatoms. The molecule has 2 fully saturated rings. The van der Waals surface area contributed by atoms with Gasteiger partial charge in [0.25, 0.3) is 5.91 Å². The zero-order valence-electron chi connectivity index (χ0n) is 13.6. The molecule has 3 rings (SSSR count). The lowest BCUT2D eigenvalue weighted by molar-refractivity contribution is -0.131. The van der Waals surface area contributed by atoms with Gasteiger partial charge in [-0.25, -0.2) is 9.37 Å². The van der Waals surface area contributed by atoms with Crippen molar-refractivity contribution in [3.63, 3.8) is 0 Å². The van der Waals surface area contributed by atoms with E-state index in [4.69, 9.17) is 15.9 Å². The number of halogens is 1. The number of nitrogens with one attached hydrogen (secondary N) is 1. The van der Waals surface area contributed by atoms with Gasteiger partial charge in [-0.3, -0.25) is 4.79 Å². The fourth-order valence-corrected chi connectivity index (χ4v) is 3.27. The lowest BCUT2D eigenvalue weighted by Gasteiger charge is -2.36. The molecule has 1 aromatic heterocycles. The van der Waals surface area contributed by atoms with Crippen LogP contribution in [0.15, 0.2) is 24.0 Å². The molecule has 1 saturated carbocycles. The van der Waals surface area contributed by atoms with Crippen LogP contribution in [0.2, 0.25) is 0 Å². The summed E-state index contributed by atoms with van der Waals surface area (Å²) in [5.74, 6) is -0.727. The van der Waals surface area contributed by atoms with Crippen LogP contribution in [0.3, 0.4) is 0 Å². The molecule has 3 N–H and O–H groups in total. The highest BCUT2D eigenvalue weighted by Gasteiger charge is 2.51. The van der Waals surface area contributed by atoms with Crippen molar-refractivity contribution in [1.29, 1.82) is 5.41 Å². The van der Waals surface area contributed by atoms with Gasteiger partial charge in [0.15, 0.2) is 5.82 Å². The Morgan fingerprint density at radius 1 is 1.46 bits per heavy atom. The molecule has 1 spiro atoms. The highest BCUT2D eigenvalue weighted by Crippen LogP contribution is 2.48. The predicted octanol–water partition coefficient (Wildman–Crippen LogP) is 1.98. The van der Waals surface area contributed by atoms with Crippen molar-refractivity contribution in [3.05, 3.63) is 35.4 Å². The number of aromatic nitrogens is 1. The van der Waals surface area contributed by atoms with Gasteiger partial charge in [-0.2, -0.15) is 0 Å². The third-order valence-corrected chi connectivity index (χ3v) is 4.80. The quantitative estimate of drug-likeness (QED) is 0.651. The number of methoxy groups -OCH3 is 1. The van der Waals surface area contributed by atoms with E-state index in [2.05, 4.69) is 4.98 Å². The molecule has 2 heterocycles. The van der Waals surface area contributed by atoms with Crippen molar-refractivity contribution in [2.75, 3.05) is 13.7 Å². The number of nitrogens with zero attached hydrogens (tertiary/aromatic N) is 2. The molecule has 0 unspecified atom stereocenters. The summed E-state index contributed by atoms with van der Waals surface area (Å²) < 4.78 is 18.8. The number of hydrogen-bond acceptors (Lipinski definition) is 5. The molecule has 0 aromatic carbocycles. The smallest absolute Gasteiger partial charge is 0.270 e. The van der Waals surface area contributed by atoms with Gasteiger partial charge >= 0.3 is 0 Å². The third kappa shape index (κ3) is 2.98. The van der Waals surface area contributed by atoms with Crippen LogP contribution in [-0.4, -0.2) is 40.7 Å². The molecule has 24 heavy (non-hydrogen) atoms. The summed E-state index contributed by atoms with van der Waals surface area (Å²) in [6.45, 7) is 0.693. The van der Waals surface area contributed by atoms with Gasteiger partial charge in [0, 0.05) is 23.7 Å². The van der Waals surface area contributed by atoms with E-state index in [0.29, 0.717) is 6.54 Å². The maximum absolute atomic E-state index is 13.9. The summed E-state index contributed by atoms with van der Waals surface area (Å²) in [6.07, 6.45) is 7.34. The molecule has 2 aliphatic rings. The lowest BCUT2D eigenvalue weighted by atomic mass is 9.99. The Kier molecular flexibility index (Phi) is 4.26. The van der Waals surface area contributed by atoms with E-state index in [-0.39, 0.29) is 34.3 Å². The molecule has 6 nitrogen and oxygen atoms in total. The van der Waals surface area contributed by atoms with Gasteiger partial charge < -0.3 is 20.8 Å². The Labute approximate surface area is 140 Å². The predicted molar refractivity (Wildman–Crippen MR) is 87.4 cm³/mol. The minimum absolute atomic E-state index is 0.00243. The summed E-state index contributed by atoms with van der Waals surface area (Å²) in [4.78, 5) is 18.2. The summed E-state index contributed by atoms with van der Waals surface area (Å²) in [6, 6.07) is 1.31. The van der Waals surface area contributed by atoms with Gasteiger partial charge in [0.2, 0.25) is 5.88 Å². The Bertz CT molecular complexity index is 713. The molecule has 0 bridgehead atoms. The highest BCUT2D eigenvalue weighted by molar-refractivity contribution is 6.11. The minimum Gasteiger partial charge on any atom is -0.481 e. The number of likely N-dealkylation sites (tertiary alicyclic amines) is 1. The lowest BCUT2D eigenvalue weighted by Crippen LogP contribution is -2.47. The molecule has 1 saturated heterocycles. The first-order valence-corrected chi connectivity index (χ1v) is 8.04. The number of nitrogens with two attached hydrogens (primary N) is 1. The molecule has 128 valence electrons. The molecule has 0 radical (unpaired) electrons. The van der Waals surface area contributed by atoms with Crippen molar-refractivity contribution in [2.24, 2.45) is 5.73 Å². The number of hydrogen-bond donors (Lipinski definition) is 2. The monoisotopic (exact) mass is 332 g/mol. The second-order valence-corrected chi connectivity index (χ2v) is 6.36. The van der Waals surface area contributed by atoms with Crippen LogP contribution in [0.25, 0.3) is 0 Å². The summed E-state index contributed by atoms with van der Waals surface area (Å²) >= 11 is 0. The van der Waals surface area contributed by atoms with Crippen molar-refractivity contribution < 1.29 is 13.9 Å². The first-order chi connectivity index (χ1) is 11.5. The number of rotatable bonds is 4. The number of carbonyl (C=O) groups excluding carboxylic acids is 1. The third-order valence-electron chi connectivity index (χ3n) is 4.80. The van der Waals surface area contributed by atoms with E-state index in [1.54, 1.807) is 0 Å². The van der Waals surface area contributed by atoms with Crippen LogP contribution in [0, 0.1) is 11.2 Å². The first kappa shape index (κ1) is 16.4. The van der Waals surface area contributed by atoms with E-state index >= 15 is 0 Å². The standard InChI is InChI=1S/C17H21FN4O2/c1-24-15-8-11(12(18)10-21-15)13(19)9-14(20)16(23)22-7-3-2-4-17(22)5-6-17/h8-10,19H,2-7,20H2,1H3. The molecule has 1 aliphatic carbocycles. The van der Waals surface area contributed by atoms with E-state index in [0.717, 1.165) is 38.3 Å². The Morgan fingerprint density at radius 2 is 2.21 bits per heavy atom. The Hall–Kier alpha value is -2.44. The number of allylic oxidation sites excluding steroid dienone is 1. The van der Waals surface area contributed by atoms with Crippen molar-refractivity contribution in [2.45, 2.75) is 37.6 Å². The van der Waals surface area contributed by atoms with Crippen LogP contribution in [0.1, 0.15) is 37.7 Å².